The summed E-state index contributed by atoms with van der Waals surface area (Å²) in [6.45, 7) is 0. The number of nitrogens with two attached hydrogens (primary N) is 1. The summed E-state index contributed by atoms with van der Waals surface area (Å²) in [5.41, 5.74) is 5.46. The van der Waals surface area contributed by atoms with E-state index in [1.54, 1.807) is 26.2 Å². The number of nitrogens with zero attached hydrogens (tertiary/aromatic N) is 2. The number of hydrogen-bond acceptors (Lipinski definition) is 3. The van der Waals surface area contributed by atoms with Crippen LogP contribution in [-0.2, 0) is 0 Å². The number of halogens is 1. The summed E-state index contributed by atoms with van der Waals surface area (Å²) in [5, 5.41) is 2.92. The minimum atomic E-state index is -0.265. The Morgan fingerprint density at radius 1 is 1.57 bits per heavy atom. The molecule has 0 spiro atoms. The van der Waals surface area contributed by atoms with E-state index >= 15 is 0 Å². The topological polar surface area (TPSA) is 71.2 Å². The molecule has 0 bridgehead atoms. The van der Waals surface area contributed by atoms with Gasteiger partial charge in [-0.15, -0.1) is 0 Å². The maximum atomic E-state index is 11.2. The molecule has 0 radical (unpaired) electrons. The number of nitrogens with one attached hydrogen (secondary N) is 1. The van der Waals surface area contributed by atoms with Gasteiger partial charge in [0.15, 0.2) is 0 Å². The van der Waals surface area contributed by atoms with Crippen LogP contribution < -0.4 is 11.1 Å². The normalized spacial score (nSPS) is 9.64. The highest BCUT2D eigenvalue weighted by atomic mass is 35.5. The van der Waals surface area contributed by atoms with Gasteiger partial charge >= 0.3 is 6.03 Å². The lowest BCUT2D eigenvalue weighted by Gasteiger charge is -2.11. The van der Waals surface area contributed by atoms with E-state index in [1.807, 2.05) is 0 Å². The Morgan fingerprint density at radius 2 is 2.21 bits per heavy atom. The number of aromatic nitrogens is 1. The molecule has 0 saturated heterocycles. The number of nitrogen functional groups attached to an aromatic ring is 1. The molecular formula is C8H11ClN4O. The zero-order chi connectivity index (χ0) is 10.7. The largest absolute Gasteiger partial charge is 0.382 e. The van der Waals surface area contributed by atoms with E-state index in [2.05, 4.69) is 10.3 Å². The third-order valence-corrected chi connectivity index (χ3v) is 1.83. The van der Waals surface area contributed by atoms with Crippen LogP contribution in [0.2, 0.25) is 5.02 Å². The molecule has 76 valence electrons. The SMILES string of the molecule is CN(C)C(=O)Nc1ccc(Cl)c(N)n1. The van der Waals surface area contributed by atoms with Crippen LogP contribution in [0.4, 0.5) is 16.4 Å². The van der Waals surface area contributed by atoms with Gasteiger partial charge in [-0.25, -0.2) is 9.78 Å². The second-order valence-electron chi connectivity index (χ2n) is 2.89. The number of anilines is 2. The molecule has 1 rings (SSSR count). The summed E-state index contributed by atoms with van der Waals surface area (Å²) in [4.78, 5) is 16.5. The Balaban J connectivity index is 2.78. The highest BCUT2D eigenvalue weighted by molar-refractivity contribution is 6.32. The summed E-state index contributed by atoms with van der Waals surface area (Å²) in [6, 6.07) is 2.90. The summed E-state index contributed by atoms with van der Waals surface area (Å²) >= 11 is 5.67. The Morgan fingerprint density at radius 3 is 2.71 bits per heavy atom. The second-order valence-corrected chi connectivity index (χ2v) is 3.30. The van der Waals surface area contributed by atoms with Crippen molar-refractivity contribution in [1.29, 1.82) is 0 Å². The van der Waals surface area contributed by atoms with Gasteiger partial charge in [-0.3, -0.25) is 5.32 Å². The fraction of sp³-hybridized carbons (Fsp3) is 0.250. The van der Waals surface area contributed by atoms with Crippen molar-refractivity contribution in [2.45, 2.75) is 0 Å². The highest BCUT2D eigenvalue weighted by Gasteiger charge is 2.05. The summed E-state index contributed by atoms with van der Waals surface area (Å²) in [5.74, 6) is 0.578. The van der Waals surface area contributed by atoms with E-state index in [9.17, 15) is 4.79 Å². The van der Waals surface area contributed by atoms with Gasteiger partial charge in [0.05, 0.1) is 5.02 Å². The molecule has 0 aliphatic carbocycles. The summed E-state index contributed by atoms with van der Waals surface area (Å²) < 4.78 is 0. The molecule has 0 atom stereocenters. The van der Waals surface area contributed by atoms with Gasteiger partial charge in [0, 0.05) is 14.1 Å². The molecule has 3 N–H and O–H groups in total. The summed E-state index contributed by atoms with van der Waals surface area (Å²) in [7, 11) is 3.27. The molecule has 0 aromatic carbocycles. The van der Waals surface area contributed by atoms with E-state index in [0.717, 1.165) is 0 Å². The first-order chi connectivity index (χ1) is 6.50. The van der Waals surface area contributed by atoms with E-state index in [1.165, 1.54) is 4.90 Å². The first-order valence-corrected chi connectivity index (χ1v) is 4.29. The van der Waals surface area contributed by atoms with E-state index in [-0.39, 0.29) is 11.8 Å². The minimum absolute atomic E-state index is 0.197. The molecule has 0 aliphatic heterocycles. The standard InChI is InChI=1S/C8H11ClN4O/c1-13(2)8(14)12-6-4-3-5(9)7(10)11-6/h3-4H,1-2H3,(H3,10,11,12,14). The highest BCUT2D eigenvalue weighted by Crippen LogP contribution is 2.18. The molecule has 6 heteroatoms. The Labute approximate surface area is 86.9 Å². The Kier molecular flexibility index (Phi) is 3.14. The van der Waals surface area contributed by atoms with Crippen LogP contribution in [0.3, 0.4) is 0 Å². The lowest BCUT2D eigenvalue weighted by molar-refractivity contribution is 0.230. The summed E-state index contributed by atoms with van der Waals surface area (Å²) in [6.07, 6.45) is 0. The molecule has 0 fully saturated rings. The van der Waals surface area contributed by atoms with Crippen molar-refractivity contribution in [2.24, 2.45) is 0 Å². The number of carbonyl (C=O) groups excluding carboxylic acids is 1. The van der Waals surface area contributed by atoms with Crippen molar-refractivity contribution in [2.75, 3.05) is 25.1 Å². The molecular weight excluding hydrogens is 204 g/mol. The monoisotopic (exact) mass is 214 g/mol. The third kappa shape index (κ3) is 2.50. The predicted octanol–water partition coefficient (Wildman–Crippen LogP) is 1.41. The van der Waals surface area contributed by atoms with Crippen molar-refractivity contribution in [3.8, 4) is 0 Å². The molecule has 1 aromatic rings. The van der Waals surface area contributed by atoms with Crippen LogP contribution in [-0.4, -0.2) is 30.0 Å². The fourth-order valence-corrected chi connectivity index (χ4v) is 0.854. The lowest BCUT2D eigenvalue weighted by atomic mass is 10.4. The van der Waals surface area contributed by atoms with Gasteiger partial charge in [0.2, 0.25) is 0 Å². The van der Waals surface area contributed by atoms with Crippen LogP contribution in [0, 0.1) is 0 Å². The quantitative estimate of drug-likeness (QED) is 0.743. The van der Waals surface area contributed by atoms with Crippen LogP contribution in [0.15, 0.2) is 12.1 Å². The van der Waals surface area contributed by atoms with Gasteiger partial charge in [-0.1, -0.05) is 11.6 Å². The molecule has 2 amide bonds. The van der Waals surface area contributed by atoms with E-state index < -0.39 is 0 Å². The number of urea groups is 1. The molecule has 1 heterocycles. The van der Waals surface area contributed by atoms with Crippen molar-refractivity contribution < 1.29 is 4.79 Å². The molecule has 14 heavy (non-hydrogen) atoms. The van der Waals surface area contributed by atoms with Gasteiger partial charge in [0.1, 0.15) is 11.6 Å². The average Bonchev–Trinajstić information content (AvgIpc) is 2.11. The first-order valence-electron chi connectivity index (χ1n) is 3.91. The fourth-order valence-electron chi connectivity index (χ4n) is 0.749. The van der Waals surface area contributed by atoms with Crippen molar-refractivity contribution in [3.63, 3.8) is 0 Å². The van der Waals surface area contributed by atoms with Crippen LogP contribution in [0.25, 0.3) is 0 Å². The van der Waals surface area contributed by atoms with Gasteiger partial charge in [-0.05, 0) is 12.1 Å². The smallest absolute Gasteiger partial charge is 0.322 e. The molecule has 0 saturated carbocycles. The van der Waals surface area contributed by atoms with Crippen LogP contribution in [0.5, 0.6) is 0 Å². The van der Waals surface area contributed by atoms with Crippen molar-refractivity contribution in [1.82, 2.24) is 9.88 Å². The maximum absolute atomic E-state index is 11.2. The van der Waals surface area contributed by atoms with Crippen molar-refractivity contribution in [3.05, 3.63) is 17.2 Å². The zero-order valence-electron chi connectivity index (χ0n) is 7.91. The van der Waals surface area contributed by atoms with Crippen LogP contribution >= 0.6 is 11.6 Å². The number of amides is 2. The number of rotatable bonds is 1. The second kappa shape index (κ2) is 4.15. The third-order valence-electron chi connectivity index (χ3n) is 1.51. The lowest BCUT2D eigenvalue weighted by Crippen LogP contribution is -2.27. The van der Waals surface area contributed by atoms with Crippen LogP contribution in [0.1, 0.15) is 0 Å². The molecule has 1 aromatic heterocycles. The maximum Gasteiger partial charge on any atom is 0.322 e. The zero-order valence-corrected chi connectivity index (χ0v) is 8.67. The van der Waals surface area contributed by atoms with Gasteiger partial charge in [0.25, 0.3) is 0 Å². The van der Waals surface area contributed by atoms with E-state index in [0.29, 0.717) is 10.8 Å². The number of hydrogen-bond donors (Lipinski definition) is 2. The predicted molar refractivity (Wildman–Crippen MR) is 56.4 cm³/mol. The molecule has 5 nitrogen and oxygen atoms in total. The van der Waals surface area contributed by atoms with Crippen molar-refractivity contribution >= 4 is 29.3 Å². The average molecular weight is 215 g/mol. The first kappa shape index (κ1) is 10.6. The Hall–Kier alpha value is -1.49. The van der Waals surface area contributed by atoms with E-state index in [4.69, 9.17) is 17.3 Å². The minimum Gasteiger partial charge on any atom is -0.382 e. The number of pyridine rings is 1. The number of carbonyl (C=O) groups is 1. The molecule has 0 aliphatic rings. The molecule has 0 unspecified atom stereocenters. The van der Waals surface area contributed by atoms with Gasteiger partial charge < -0.3 is 10.6 Å². The van der Waals surface area contributed by atoms with Gasteiger partial charge in [-0.2, -0.15) is 0 Å². The Bertz CT molecular complexity index is 353.